The second-order valence-electron chi connectivity index (χ2n) is 5.87. The number of rotatable bonds is 4. The summed E-state index contributed by atoms with van der Waals surface area (Å²) in [5, 5.41) is 4.22. The maximum atomic E-state index is 12.7. The van der Waals surface area contributed by atoms with Crippen molar-refractivity contribution in [1.29, 1.82) is 0 Å². The standard InChI is InChI=1S/C18H18N2O4S/c1-11-7-8-25-15(11)9-14-16(21)19-18(23)20(17(14)22)10-12-3-5-13(24-2)6-4-12/h3-9,11,15H,10H2,1-2H3,(H,19,21,23)/b14-9+. The third kappa shape index (κ3) is 3.61. The molecule has 0 aliphatic carbocycles. The lowest BCUT2D eigenvalue weighted by atomic mass is 10.0. The second-order valence-corrected chi connectivity index (χ2v) is 6.96. The number of carbonyl (C=O) groups excluding carboxylic acids is 3. The van der Waals surface area contributed by atoms with Crippen molar-refractivity contribution in [3.05, 3.63) is 53.0 Å². The summed E-state index contributed by atoms with van der Waals surface area (Å²) in [4.78, 5) is 37.9. The maximum Gasteiger partial charge on any atom is 0.331 e. The molecule has 1 fully saturated rings. The summed E-state index contributed by atoms with van der Waals surface area (Å²) < 4.78 is 5.10. The van der Waals surface area contributed by atoms with Crippen LogP contribution in [0, 0.1) is 5.92 Å². The van der Waals surface area contributed by atoms with Gasteiger partial charge in [-0.05, 0) is 29.0 Å². The summed E-state index contributed by atoms with van der Waals surface area (Å²) in [6.07, 6.45) is 3.68. The Morgan fingerprint density at radius 3 is 2.56 bits per heavy atom. The minimum atomic E-state index is -0.701. The van der Waals surface area contributed by atoms with Crippen LogP contribution in [-0.2, 0) is 16.1 Å². The molecule has 2 aliphatic heterocycles. The molecular formula is C18H18N2O4S. The van der Waals surface area contributed by atoms with Crippen molar-refractivity contribution < 1.29 is 19.1 Å². The maximum absolute atomic E-state index is 12.7. The van der Waals surface area contributed by atoms with Gasteiger partial charge in [-0.3, -0.25) is 19.8 Å². The number of hydrogen-bond acceptors (Lipinski definition) is 5. The average molecular weight is 358 g/mol. The van der Waals surface area contributed by atoms with Gasteiger partial charge in [-0.1, -0.05) is 31.2 Å². The molecule has 3 rings (SSSR count). The number of ether oxygens (including phenoxy) is 1. The Bertz CT molecular complexity index is 770. The zero-order valence-corrected chi connectivity index (χ0v) is 14.7. The highest BCUT2D eigenvalue weighted by atomic mass is 32.2. The molecule has 0 bridgehead atoms. The third-order valence-corrected chi connectivity index (χ3v) is 5.35. The van der Waals surface area contributed by atoms with Crippen LogP contribution in [0.1, 0.15) is 12.5 Å². The van der Waals surface area contributed by atoms with E-state index >= 15 is 0 Å². The van der Waals surface area contributed by atoms with Crippen LogP contribution in [0.25, 0.3) is 0 Å². The highest BCUT2D eigenvalue weighted by Gasteiger charge is 2.36. The molecule has 2 heterocycles. The summed E-state index contributed by atoms with van der Waals surface area (Å²) in [7, 11) is 1.57. The highest BCUT2D eigenvalue weighted by molar-refractivity contribution is 8.03. The van der Waals surface area contributed by atoms with Crippen molar-refractivity contribution in [2.75, 3.05) is 7.11 Å². The third-order valence-electron chi connectivity index (χ3n) is 4.15. The fourth-order valence-corrected chi connectivity index (χ4v) is 3.69. The normalized spacial score (nSPS) is 24.8. The van der Waals surface area contributed by atoms with E-state index < -0.39 is 17.8 Å². The number of methoxy groups -OCH3 is 1. The van der Waals surface area contributed by atoms with E-state index in [1.54, 1.807) is 49.2 Å². The van der Waals surface area contributed by atoms with Crippen molar-refractivity contribution in [1.82, 2.24) is 10.2 Å². The molecule has 0 spiro atoms. The summed E-state index contributed by atoms with van der Waals surface area (Å²) in [6, 6.07) is 6.36. The quantitative estimate of drug-likeness (QED) is 0.661. The SMILES string of the molecule is COc1ccc(CN2C(=O)NC(=O)/C(=C\C3SC=CC3C)C2=O)cc1. The first-order valence-corrected chi connectivity index (χ1v) is 8.78. The number of urea groups is 1. The Kier molecular flexibility index (Phi) is 4.94. The van der Waals surface area contributed by atoms with Gasteiger partial charge in [0.25, 0.3) is 11.8 Å². The van der Waals surface area contributed by atoms with E-state index in [1.165, 1.54) is 0 Å². The molecule has 1 saturated heterocycles. The van der Waals surface area contributed by atoms with Gasteiger partial charge in [0.15, 0.2) is 0 Å². The molecule has 7 heteroatoms. The van der Waals surface area contributed by atoms with E-state index in [9.17, 15) is 14.4 Å². The first kappa shape index (κ1) is 17.3. The number of nitrogens with zero attached hydrogens (tertiary/aromatic N) is 1. The molecule has 2 unspecified atom stereocenters. The fraction of sp³-hybridized carbons (Fsp3) is 0.278. The lowest BCUT2D eigenvalue weighted by molar-refractivity contribution is -0.130. The van der Waals surface area contributed by atoms with Crippen molar-refractivity contribution in [2.45, 2.75) is 18.7 Å². The average Bonchev–Trinajstić information content (AvgIpc) is 3.01. The number of carbonyl (C=O) groups is 3. The van der Waals surface area contributed by atoms with Gasteiger partial charge < -0.3 is 4.74 Å². The molecule has 0 aromatic heterocycles. The van der Waals surface area contributed by atoms with Crippen LogP contribution in [0.15, 0.2) is 47.4 Å². The first-order chi connectivity index (χ1) is 12.0. The van der Waals surface area contributed by atoms with E-state index in [-0.39, 0.29) is 23.3 Å². The summed E-state index contributed by atoms with van der Waals surface area (Å²) in [5.74, 6) is -0.288. The lowest BCUT2D eigenvalue weighted by Gasteiger charge is -2.27. The van der Waals surface area contributed by atoms with Gasteiger partial charge in [0.2, 0.25) is 0 Å². The molecule has 2 atom stereocenters. The molecular weight excluding hydrogens is 340 g/mol. The Hall–Kier alpha value is -2.54. The number of allylic oxidation sites excluding steroid dienone is 1. The number of barbiturate groups is 1. The van der Waals surface area contributed by atoms with Gasteiger partial charge in [0.1, 0.15) is 11.3 Å². The van der Waals surface area contributed by atoms with E-state index in [2.05, 4.69) is 5.32 Å². The van der Waals surface area contributed by atoms with Crippen molar-refractivity contribution in [3.8, 4) is 5.75 Å². The monoisotopic (exact) mass is 358 g/mol. The zero-order valence-electron chi connectivity index (χ0n) is 13.9. The molecule has 2 aliphatic rings. The minimum absolute atomic E-state index is 0.0146. The van der Waals surface area contributed by atoms with Crippen LogP contribution in [0.4, 0.5) is 4.79 Å². The second kappa shape index (κ2) is 7.14. The molecule has 130 valence electrons. The molecule has 1 aromatic rings. The van der Waals surface area contributed by atoms with Crippen LogP contribution in [0.3, 0.4) is 0 Å². The largest absolute Gasteiger partial charge is 0.497 e. The van der Waals surface area contributed by atoms with Crippen LogP contribution in [0.2, 0.25) is 0 Å². The number of benzene rings is 1. The molecule has 0 saturated carbocycles. The predicted octanol–water partition coefficient (Wildman–Crippen LogP) is 2.47. The van der Waals surface area contributed by atoms with Gasteiger partial charge >= 0.3 is 6.03 Å². The molecule has 4 amide bonds. The van der Waals surface area contributed by atoms with Gasteiger partial charge in [0.05, 0.1) is 13.7 Å². The van der Waals surface area contributed by atoms with E-state index in [0.29, 0.717) is 5.75 Å². The topological polar surface area (TPSA) is 75.7 Å². The van der Waals surface area contributed by atoms with Gasteiger partial charge in [-0.2, -0.15) is 0 Å². The van der Waals surface area contributed by atoms with Gasteiger partial charge in [-0.15, -0.1) is 11.8 Å². The van der Waals surface area contributed by atoms with Crippen molar-refractivity contribution in [2.24, 2.45) is 5.92 Å². The first-order valence-electron chi connectivity index (χ1n) is 7.83. The van der Waals surface area contributed by atoms with Crippen LogP contribution >= 0.6 is 11.8 Å². The lowest BCUT2D eigenvalue weighted by Crippen LogP contribution is -2.53. The van der Waals surface area contributed by atoms with E-state index in [4.69, 9.17) is 4.74 Å². The molecule has 6 nitrogen and oxygen atoms in total. The van der Waals surface area contributed by atoms with Crippen LogP contribution in [-0.4, -0.2) is 35.1 Å². The fourth-order valence-electron chi connectivity index (χ4n) is 2.62. The molecule has 0 radical (unpaired) electrons. The summed E-state index contributed by atoms with van der Waals surface area (Å²) >= 11 is 1.55. The minimum Gasteiger partial charge on any atom is -0.497 e. The van der Waals surface area contributed by atoms with E-state index in [0.717, 1.165) is 10.5 Å². The summed E-state index contributed by atoms with van der Waals surface area (Å²) in [5.41, 5.74) is 0.782. The van der Waals surface area contributed by atoms with Crippen LogP contribution < -0.4 is 10.1 Å². The van der Waals surface area contributed by atoms with Crippen molar-refractivity contribution >= 4 is 29.6 Å². The Morgan fingerprint density at radius 2 is 1.96 bits per heavy atom. The number of thioether (sulfide) groups is 1. The van der Waals surface area contributed by atoms with Crippen LogP contribution in [0.5, 0.6) is 5.75 Å². The Labute approximate surface area is 149 Å². The highest BCUT2D eigenvalue weighted by Crippen LogP contribution is 2.31. The van der Waals surface area contributed by atoms with E-state index in [1.807, 2.05) is 18.4 Å². The summed E-state index contributed by atoms with van der Waals surface area (Å²) in [6.45, 7) is 2.11. The molecule has 25 heavy (non-hydrogen) atoms. The van der Waals surface area contributed by atoms with Gasteiger partial charge in [-0.25, -0.2) is 4.79 Å². The zero-order chi connectivity index (χ0) is 18.0. The number of imide groups is 2. The number of amides is 4. The Balaban J connectivity index is 1.81. The van der Waals surface area contributed by atoms with Gasteiger partial charge in [0, 0.05) is 5.25 Å². The molecule has 1 aromatic carbocycles. The molecule has 1 N–H and O–H groups in total. The number of hydrogen-bond donors (Lipinski definition) is 1. The predicted molar refractivity (Wildman–Crippen MR) is 94.8 cm³/mol. The smallest absolute Gasteiger partial charge is 0.331 e. The number of nitrogens with one attached hydrogen (secondary N) is 1. The van der Waals surface area contributed by atoms with Crippen molar-refractivity contribution in [3.63, 3.8) is 0 Å². The Morgan fingerprint density at radius 1 is 1.24 bits per heavy atom.